The van der Waals surface area contributed by atoms with E-state index >= 15 is 0 Å². The van der Waals surface area contributed by atoms with Gasteiger partial charge in [0.1, 0.15) is 23.7 Å². The van der Waals surface area contributed by atoms with Crippen molar-refractivity contribution in [2.45, 2.75) is 19.3 Å². The molecule has 2 aromatic carbocycles. The number of halogens is 2. The smallest absolute Gasteiger partial charge is 0.233 e. The largest absolute Gasteiger partial charge is 0.372 e. The summed E-state index contributed by atoms with van der Waals surface area (Å²) in [5, 5.41) is 4.68. The van der Waals surface area contributed by atoms with E-state index in [1.54, 1.807) is 12.1 Å². The Morgan fingerprint density at radius 3 is 2.08 bits per heavy atom. The van der Waals surface area contributed by atoms with Crippen molar-refractivity contribution < 1.29 is 18.4 Å². The Hall–Kier alpha value is -2.96. The number of para-hydroxylation sites is 1. The van der Waals surface area contributed by atoms with Gasteiger partial charge in [-0.05, 0) is 49.2 Å². The fraction of sp³-hybridized carbons (Fsp3) is 0.263. The highest BCUT2D eigenvalue weighted by molar-refractivity contribution is 6.08. The number of rotatable bonds is 5. The third-order valence-corrected chi connectivity index (χ3v) is 4.17. The quantitative estimate of drug-likeness (QED) is 0.803. The van der Waals surface area contributed by atoms with Crippen molar-refractivity contribution in [1.29, 1.82) is 0 Å². The van der Waals surface area contributed by atoms with Crippen LogP contribution >= 0.6 is 0 Å². The summed E-state index contributed by atoms with van der Waals surface area (Å²) in [4.78, 5) is 26.1. The Labute approximate surface area is 150 Å². The van der Waals surface area contributed by atoms with Gasteiger partial charge in [-0.3, -0.25) is 9.59 Å². The molecule has 2 aromatic rings. The predicted molar refractivity (Wildman–Crippen MR) is 96.1 cm³/mol. The van der Waals surface area contributed by atoms with Crippen LogP contribution in [0.1, 0.15) is 19.3 Å². The number of nitrogens with one attached hydrogen (secondary N) is 2. The second-order valence-electron chi connectivity index (χ2n) is 6.11. The minimum atomic E-state index is -0.892. The van der Waals surface area contributed by atoms with Gasteiger partial charge >= 0.3 is 0 Å². The molecular formula is C19H19F2N3O2. The molecule has 0 aromatic heterocycles. The van der Waals surface area contributed by atoms with Gasteiger partial charge in [0, 0.05) is 24.5 Å². The predicted octanol–water partition coefficient (Wildman–Crippen LogP) is 3.53. The molecule has 0 bridgehead atoms. The lowest BCUT2D eigenvalue weighted by Gasteiger charge is -2.17. The zero-order valence-electron chi connectivity index (χ0n) is 14.1. The van der Waals surface area contributed by atoms with E-state index in [4.69, 9.17) is 0 Å². The molecule has 1 aliphatic rings. The van der Waals surface area contributed by atoms with Gasteiger partial charge < -0.3 is 15.5 Å². The molecule has 0 unspecified atom stereocenters. The lowest BCUT2D eigenvalue weighted by molar-refractivity contribution is -0.123. The summed E-state index contributed by atoms with van der Waals surface area (Å²) in [6.07, 6.45) is 1.81. The van der Waals surface area contributed by atoms with Crippen molar-refractivity contribution in [3.63, 3.8) is 0 Å². The Kier molecular flexibility index (Phi) is 5.46. The first-order valence-corrected chi connectivity index (χ1v) is 8.41. The van der Waals surface area contributed by atoms with Crippen LogP contribution in [0.2, 0.25) is 0 Å². The zero-order chi connectivity index (χ0) is 18.5. The van der Waals surface area contributed by atoms with Crippen molar-refractivity contribution >= 4 is 28.9 Å². The maximum atomic E-state index is 13.5. The average molecular weight is 359 g/mol. The first kappa shape index (κ1) is 17.8. The molecule has 0 atom stereocenters. The molecule has 26 heavy (non-hydrogen) atoms. The van der Waals surface area contributed by atoms with Crippen LogP contribution in [-0.4, -0.2) is 24.9 Å². The normalized spacial score (nSPS) is 13.5. The Morgan fingerprint density at radius 1 is 0.885 bits per heavy atom. The molecule has 1 aliphatic heterocycles. The molecule has 2 N–H and O–H groups in total. The van der Waals surface area contributed by atoms with Crippen LogP contribution in [0.25, 0.3) is 0 Å². The molecule has 0 radical (unpaired) electrons. The second kappa shape index (κ2) is 7.95. The van der Waals surface area contributed by atoms with Crippen molar-refractivity contribution in [2.75, 3.05) is 28.6 Å². The summed E-state index contributed by atoms with van der Waals surface area (Å²) in [6, 6.07) is 10.6. The van der Waals surface area contributed by atoms with Gasteiger partial charge in [0.15, 0.2) is 0 Å². The number of amides is 2. The van der Waals surface area contributed by atoms with Gasteiger partial charge in [-0.25, -0.2) is 8.78 Å². The third kappa shape index (κ3) is 4.36. The molecule has 7 heteroatoms. The number of benzene rings is 2. The van der Waals surface area contributed by atoms with Gasteiger partial charge in [0.25, 0.3) is 0 Å². The first-order chi connectivity index (χ1) is 12.5. The van der Waals surface area contributed by atoms with Crippen LogP contribution in [-0.2, 0) is 9.59 Å². The molecule has 2 amide bonds. The van der Waals surface area contributed by atoms with Gasteiger partial charge in [-0.1, -0.05) is 6.07 Å². The van der Waals surface area contributed by atoms with E-state index in [9.17, 15) is 18.4 Å². The summed E-state index contributed by atoms with van der Waals surface area (Å²) < 4.78 is 27.0. The molecule has 136 valence electrons. The third-order valence-electron chi connectivity index (χ3n) is 4.17. The van der Waals surface area contributed by atoms with Crippen molar-refractivity contribution in [1.82, 2.24) is 0 Å². The van der Waals surface area contributed by atoms with Crippen molar-refractivity contribution in [3.05, 3.63) is 54.1 Å². The van der Waals surface area contributed by atoms with E-state index in [1.165, 1.54) is 18.9 Å². The van der Waals surface area contributed by atoms with Crippen molar-refractivity contribution in [2.24, 2.45) is 0 Å². The Balaban J connectivity index is 1.54. The fourth-order valence-electron chi connectivity index (χ4n) is 2.88. The number of carbonyl (C=O) groups is 2. The van der Waals surface area contributed by atoms with Crippen molar-refractivity contribution in [3.8, 4) is 0 Å². The van der Waals surface area contributed by atoms with E-state index in [-0.39, 0.29) is 0 Å². The second-order valence-corrected chi connectivity index (χ2v) is 6.11. The summed E-state index contributed by atoms with van der Waals surface area (Å²) in [5.74, 6) is -3.14. The Morgan fingerprint density at radius 2 is 1.46 bits per heavy atom. The summed E-state index contributed by atoms with van der Waals surface area (Å²) in [6.45, 7) is 2.05. The molecular weight excluding hydrogens is 340 g/mol. The van der Waals surface area contributed by atoms with Crippen LogP contribution in [0.3, 0.4) is 0 Å². The molecule has 0 aliphatic carbocycles. The maximum Gasteiger partial charge on any atom is 0.233 e. The minimum Gasteiger partial charge on any atom is -0.372 e. The topological polar surface area (TPSA) is 61.4 Å². The van der Waals surface area contributed by atoms with Crippen LogP contribution in [0.4, 0.5) is 25.8 Å². The lowest BCUT2D eigenvalue weighted by Crippen LogP contribution is -2.22. The number of carbonyl (C=O) groups excluding carboxylic acids is 2. The number of nitrogens with zero attached hydrogens (tertiary/aromatic N) is 1. The van der Waals surface area contributed by atoms with Gasteiger partial charge in [-0.2, -0.15) is 0 Å². The number of hydrogen-bond donors (Lipinski definition) is 2. The average Bonchev–Trinajstić information content (AvgIpc) is 3.13. The van der Waals surface area contributed by atoms with Gasteiger partial charge in [0.05, 0.1) is 0 Å². The van der Waals surface area contributed by atoms with Gasteiger partial charge in [-0.15, -0.1) is 0 Å². The highest BCUT2D eigenvalue weighted by atomic mass is 19.1. The highest BCUT2D eigenvalue weighted by Crippen LogP contribution is 2.22. The van der Waals surface area contributed by atoms with E-state index in [1.807, 2.05) is 12.1 Å². The lowest BCUT2D eigenvalue weighted by atomic mass is 10.2. The maximum absolute atomic E-state index is 13.5. The molecule has 1 saturated heterocycles. The standard InChI is InChI=1S/C19H19F2N3O2/c20-15-4-3-5-16(21)19(15)23-18(26)12-17(25)22-13-6-8-14(9-7-13)24-10-1-2-11-24/h3-9H,1-2,10-12H2,(H,22,25)(H,23,26). The van der Waals surface area contributed by atoms with E-state index in [0.29, 0.717) is 5.69 Å². The van der Waals surface area contributed by atoms with E-state index in [2.05, 4.69) is 15.5 Å². The number of anilines is 3. The molecule has 0 saturated carbocycles. The summed E-state index contributed by atoms with van der Waals surface area (Å²) >= 11 is 0. The molecule has 1 fully saturated rings. The van der Waals surface area contributed by atoms with Gasteiger partial charge in [0.2, 0.25) is 11.8 Å². The summed E-state index contributed by atoms with van der Waals surface area (Å²) in [7, 11) is 0. The molecule has 3 rings (SSSR count). The van der Waals surface area contributed by atoms with Crippen LogP contribution < -0.4 is 15.5 Å². The number of hydrogen-bond acceptors (Lipinski definition) is 3. The summed E-state index contributed by atoms with van der Waals surface area (Å²) in [5.41, 5.74) is 1.09. The highest BCUT2D eigenvalue weighted by Gasteiger charge is 2.16. The monoisotopic (exact) mass is 359 g/mol. The Bertz CT molecular complexity index is 783. The fourth-order valence-corrected chi connectivity index (χ4v) is 2.88. The van der Waals surface area contributed by atoms with E-state index in [0.717, 1.165) is 30.9 Å². The van der Waals surface area contributed by atoms with E-state index < -0.39 is 35.6 Å². The first-order valence-electron chi connectivity index (χ1n) is 8.41. The van der Waals surface area contributed by atoms with Crippen LogP contribution in [0.15, 0.2) is 42.5 Å². The molecule has 5 nitrogen and oxygen atoms in total. The minimum absolute atomic E-state index is 0.540. The molecule has 0 spiro atoms. The SMILES string of the molecule is O=C(CC(=O)Nc1c(F)cccc1F)Nc1ccc(N2CCCC2)cc1. The van der Waals surface area contributed by atoms with Crippen LogP contribution in [0, 0.1) is 11.6 Å². The molecule has 1 heterocycles. The van der Waals surface area contributed by atoms with Crippen LogP contribution in [0.5, 0.6) is 0 Å². The zero-order valence-corrected chi connectivity index (χ0v) is 14.1.